The Morgan fingerprint density at radius 2 is 1.85 bits per heavy atom. The van der Waals surface area contributed by atoms with E-state index in [4.69, 9.17) is 17.3 Å². The van der Waals surface area contributed by atoms with E-state index in [1.807, 2.05) is 0 Å². The molecule has 3 N–H and O–H groups in total. The summed E-state index contributed by atoms with van der Waals surface area (Å²) in [4.78, 5) is 22.8. The maximum Gasteiger partial charge on any atom is 0.278 e. The van der Waals surface area contributed by atoms with Gasteiger partial charge in [0.05, 0.1) is 16.5 Å². The topological polar surface area (TPSA) is 123 Å². The smallest absolute Gasteiger partial charge is 0.278 e. The molecule has 0 amide bonds. The van der Waals surface area contributed by atoms with Crippen LogP contribution in [0, 0.1) is 10.1 Å². The van der Waals surface area contributed by atoms with Crippen molar-refractivity contribution in [1.82, 2.24) is 0 Å². The van der Waals surface area contributed by atoms with Gasteiger partial charge in [-0.3, -0.25) is 10.1 Å². The lowest BCUT2D eigenvalue weighted by Crippen LogP contribution is -2.23. The number of aromatic nitrogens is 1. The van der Waals surface area contributed by atoms with Crippen molar-refractivity contribution in [1.29, 1.82) is 0 Å². The number of carboxylic acid groups (broad SMARTS) is 1. The highest BCUT2D eigenvalue weighted by molar-refractivity contribution is 6.31. The van der Waals surface area contributed by atoms with E-state index in [0.717, 1.165) is 17.8 Å². The third-order valence-electron chi connectivity index (χ3n) is 2.12. The van der Waals surface area contributed by atoms with E-state index in [1.54, 1.807) is 24.5 Å². The van der Waals surface area contributed by atoms with Crippen LogP contribution in [0.15, 0.2) is 42.7 Å². The number of halogens is 1. The Hall–Kier alpha value is -2.67. The number of anilines is 1. The Bertz CT molecular complexity index is 619. The average molecular weight is 296 g/mol. The molecule has 0 aliphatic heterocycles. The van der Waals surface area contributed by atoms with E-state index in [2.05, 4.69) is 4.98 Å². The van der Waals surface area contributed by atoms with Crippen LogP contribution >= 0.6 is 11.6 Å². The van der Waals surface area contributed by atoms with E-state index in [9.17, 15) is 20.0 Å². The van der Waals surface area contributed by atoms with Crippen molar-refractivity contribution >= 4 is 28.9 Å². The highest BCUT2D eigenvalue weighted by Gasteiger charge is 2.13. The van der Waals surface area contributed by atoms with Crippen molar-refractivity contribution in [3.8, 4) is 0 Å². The summed E-state index contributed by atoms with van der Waals surface area (Å²) in [7, 11) is 0. The number of nitrogen functional groups attached to an aromatic ring is 1. The molecule has 0 bridgehead atoms. The summed E-state index contributed by atoms with van der Waals surface area (Å²) in [5, 5.41) is 20.8. The Morgan fingerprint density at radius 1 is 1.25 bits per heavy atom. The molecule has 0 radical (unpaired) electrons. The lowest BCUT2D eigenvalue weighted by atomic mass is 10.2. The van der Waals surface area contributed by atoms with Crippen molar-refractivity contribution in [2.24, 2.45) is 0 Å². The molecule has 0 aliphatic carbocycles. The molecule has 0 unspecified atom stereocenters. The van der Waals surface area contributed by atoms with Crippen molar-refractivity contribution in [2.45, 2.75) is 0 Å². The van der Waals surface area contributed by atoms with Crippen LogP contribution in [0.5, 0.6) is 0 Å². The second-order valence-corrected chi connectivity index (χ2v) is 3.98. The Balaban J connectivity index is 0.000000240. The number of rotatable bonds is 2. The number of pyridine rings is 1. The number of nitro benzene ring substituents is 1. The van der Waals surface area contributed by atoms with Crippen molar-refractivity contribution in [3.63, 3.8) is 0 Å². The number of nitro groups is 1. The van der Waals surface area contributed by atoms with E-state index in [0.29, 0.717) is 0 Å². The Labute approximate surface area is 118 Å². The average Bonchev–Trinajstić information content (AvgIpc) is 2.39. The fourth-order valence-electron chi connectivity index (χ4n) is 1.23. The summed E-state index contributed by atoms with van der Waals surface area (Å²) in [5.41, 5.74) is 5.09. The van der Waals surface area contributed by atoms with Gasteiger partial charge >= 0.3 is 0 Å². The van der Waals surface area contributed by atoms with Gasteiger partial charge in [-0.2, -0.15) is 0 Å². The first-order valence-corrected chi connectivity index (χ1v) is 5.66. The third-order valence-corrected chi connectivity index (χ3v) is 2.35. The first-order chi connectivity index (χ1) is 9.41. The van der Waals surface area contributed by atoms with Gasteiger partial charge in [-0.05, 0) is 12.1 Å². The minimum absolute atomic E-state index is 0.116. The minimum atomic E-state index is -1.62. The zero-order chi connectivity index (χ0) is 15.1. The molecule has 1 aromatic carbocycles. The van der Waals surface area contributed by atoms with E-state index < -0.39 is 22.1 Å². The van der Waals surface area contributed by atoms with Crippen LogP contribution in [0.25, 0.3) is 0 Å². The first kappa shape index (κ1) is 15.4. The monoisotopic (exact) mass is 295 g/mol. The molecular formula is C12H10ClN3O4. The molecule has 0 aliphatic rings. The standard InChI is InChI=1S/C7H4ClNO4.C5H6N2/c8-4-1-2-6(9(12)13)5(3-4)7(10)11;6-5-1-3-7-4-2-5/h1-3H,(H,10,11);1-4H,(H2,6,7). The lowest BCUT2D eigenvalue weighted by Gasteiger charge is -2.03. The molecule has 104 valence electrons. The van der Waals surface area contributed by atoms with E-state index in [1.165, 1.54) is 6.07 Å². The minimum Gasteiger partial charge on any atom is -0.545 e. The normalized spacial score (nSPS) is 9.25. The van der Waals surface area contributed by atoms with Crippen LogP contribution in [-0.2, 0) is 0 Å². The molecule has 2 aromatic rings. The molecule has 20 heavy (non-hydrogen) atoms. The van der Waals surface area contributed by atoms with Crippen molar-refractivity contribution < 1.29 is 19.8 Å². The molecule has 0 saturated carbocycles. The van der Waals surface area contributed by atoms with Gasteiger partial charge in [-0.25, -0.2) is 4.98 Å². The summed E-state index contributed by atoms with van der Waals surface area (Å²) >= 11 is 5.45. The fourth-order valence-corrected chi connectivity index (χ4v) is 1.40. The quantitative estimate of drug-likeness (QED) is 0.645. The van der Waals surface area contributed by atoms with Crippen LogP contribution in [0.3, 0.4) is 0 Å². The van der Waals surface area contributed by atoms with Crippen LogP contribution in [0.2, 0.25) is 5.02 Å². The molecule has 0 saturated heterocycles. The number of benzene rings is 1. The van der Waals surface area contributed by atoms with Gasteiger partial charge in [-0.15, -0.1) is 0 Å². The Morgan fingerprint density at radius 3 is 2.25 bits per heavy atom. The van der Waals surface area contributed by atoms with Gasteiger partial charge in [0.25, 0.3) is 5.69 Å². The number of hydrogen-bond acceptors (Lipinski definition) is 5. The highest BCUT2D eigenvalue weighted by Crippen LogP contribution is 2.21. The van der Waals surface area contributed by atoms with E-state index in [-0.39, 0.29) is 5.02 Å². The number of carboxylic acids is 1. The largest absolute Gasteiger partial charge is 0.545 e. The third kappa shape index (κ3) is 4.54. The molecule has 2 rings (SSSR count). The predicted octanol–water partition coefficient (Wildman–Crippen LogP) is 0.695. The van der Waals surface area contributed by atoms with Crippen molar-refractivity contribution in [2.75, 3.05) is 5.73 Å². The zero-order valence-electron chi connectivity index (χ0n) is 10.1. The summed E-state index contributed by atoms with van der Waals surface area (Å²) in [6, 6.07) is 6.86. The molecule has 1 heterocycles. The number of H-pyrrole nitrogens is 1. The molecule has 0 atom stereocenters. The number of aromatic amines is 1. The van der Waals surface area contributed by atoms with Gasteiger partial charge < -0.3 is 15.6 Å². The SMILES string of the molecule is Nc1cc[nH+]cc1.O=C([O-])c1cc(Cl)ccc1[N+](=O)[O-]. The molecule has 0 spiro atoms. The van der Waals surface area contributed by atoms with Gasteiger partial charge in [0, 0.05) is 28.9 Å². The van der Waals surface area contributed by atoms with Gasteiger partial charge in [0.2, 0.25) is 0 Å². The Kier molecular flexibility index (Phi) is 5.42. The number of nitrogens with one attached hydrogen (secondary N) is 1. The maximum absolute atomic E-state index is 10.4. The molecule has 7 nitrogen and oxygen atoms in total. The van der Waals surface area contributed by atoms with Gasteiger partial charge in [0.1, 0.15) is 0 Å². The fraction of sp³-hybridized carbons (Fsp3) is 0. The number of nitrogens with two attached hydrogens (primary N) is 1. The second-order valence-electron chi connectivity index (χ2n) is 3.54. The van der Waals surface area contributed by atoms with Gasteiger partial charge in [0.15, 0.2) is 12.4 Å². The summed E-state index contributed by atoms with van der Waals surface area (Å²) in [6.07, 6.45) is 3.57. The number of aromatic carboxylic acids is 1. The number of carbonyl (C=O) groups excluding carboxylic acids is 1. The first-order valence-electron chi connectivity index (χ1n) is 5.28. The molecular weight excluding hydrogens is 286 g/mol. The van der Waals surface area contributed by atoms with Crippen LogP contribution in [0.1, 0.15) is 10.4 Å². The molecule has 1 aromatic heterocycles. The number of nitrogens with zero attached hydrogens (tertiary/aromatic N) is 1. The van der Waals surface area contributed by atoms with Crippen LogP contribution in [0.4, 0.5) is 11.4 Å². The lowest BCUT2D eigenvalue weighted by molar-refractivity contribution is -0.385. The molecule has 8 heteroatoms. The summed E-state index contributed by atoms with van der Waals surface area (Å²) in [5.74, 6) is -1.62. The summed E-state index contributed by atoms with van der Waals surface area (Å²) in [6.45, 7) is 0. The highest BCUT2D eigenvalue weighted by atomic mass is 35.5. The van der Waals surface area contributed by atoms with Crippen molar-refractivity contribution in [3.05, 3.63) is 63.4 Å². The van der Waals surface area contributed by atoms with Crippen LogP contribution < -0.4 is 15.8 Å². The molecule has 0 fully saturated rings. The maximum atomic E-state index is 10.4. The zero-order valence-corrected chi connectivity index (χ0v) is 10.8. The van der Waals surface area contributed by atoms with Crippen LogP contribution in [-0.4, -0.2) is 10.9 Å². The number of hydrogen-bond donors (Lipinski definition) is 1. The van der Waals surface area contributed by atoms with E-state index >= 15 is 0 Å². The second kappa shape index (κ2) is 7.05. The summed E-state index contributed by atoms with van der Waals surface area (Å²) < 4.78 is 0. The number of carbonyl (C=O) groups is 1. The predicted molar refractivity (Wildman–Crippen MR) is 69.8 cm³/mol. The van der Waals surface area contributed by atoms with Gasteiger partial charge in [-0.1, -0.05) is 11.6 Å².